The number of carbonyl (C=O) groups is 1. The minimum Gasteiger partial charge on any atom is -0.395 e. The van der Waals surface area contributed by atoms with Crippen LogP contribution in [-0.2, 0) is 0 Å². The van der Waals surface area contributed by atoms with Gasteiger partial charge in [0.1, 0.15) is 0 Å². The van der Waals surface area contributed by atoms with Gasteiger partial charge in [-0.25, -0.2) is 0 Å². The Kier molecular flexibility index (Phi) is 3.51. The van der Waals surface area contributed by atoms with Gasteiger partial charge in [0.25, 0.3) is 0 Å². The Labute approximate surface area is 93.3 Å². The molecule has 0 unspecified atom stereocenters. The highest BCUT2D eigenvalue weighted by molar-refractivity contribution is 7.12. The van der Waals surface area contributed by atoms with Crippen molar-refractivity contribution in [2.24, 2.45) is 0 Å². The largest absolute Gasteiger partial charge is 0.395 e. The van der Waals surface area contributed by atoms with Crippen LogP contribution in [0.2, 0.25) is 0 Å². The minimum atomic E-state index is 0.164. The molecule has 1 saturated heterocycles. The lowest BCUT2D eigenvalue weighted by Crippen LogP contribution is -2.36. The fourth-order valence-corrected chi connectivity index (χ4v) is 2.67. The normalized spacial score (nSPS) is 22.1. The van der Waals surface area contributed by atoms with Crippen LogP contribution in [0.1, 0.15) is 22.5 Å². The van der Waals surface area contributed by atoms with Crippen molar-refractivity contribution < 1.29 is 9.90 Å². The molecular weight excluding hydrogens is 210 g/mol. The van der Waals surface area contributed by atoms with Gasteiger partial charge in [0.05, 0.1) is 18.0 Å². The molecular formula is C11H15NO2S. The Balaban J connectivity index is 1.94. The number of thiophene rings is 1. The lowest BCUT2D eigenvalue weighted by atomic mass is 10.2. The highest BCUT2D eigenvalue weighted by Crippen LogP contribution is 2.18. The van der Waals surface area contributed by atoms with Gasteiger partial charge < -0.3 is 5.11 Å². The van der Waals surface area contributed by atoms with E-state index in [1.54, 1.807) is 0 Å². The summed E-state index contributed by atoms with van der Waals surface area (Å²) in [5.74, 6) is 0.172. The maximum atomic E-state index is 11.8. The lowest BCUT2D eigenvalue weighted by molar-refractivity contribution is 0.0892. The van der Waals surface area contributed by atoms with Crippen molar-refractivity contribution >= 4 is 17.1 Å². The number of carbonyl (C=O) groups excluding carboxylic acids is 1. The fraction of sp³-hybridized carbons (Fsp3) is 0.545. The zero-order valence-corrected chi connectivity index (χ0v) is 9.37. The smallest absolute Gasteiger partial charge is 0.186 e. The Bertz CT molecular complexity index is 323. The van der Waals surface area contributed by atoms with Crippen LogP contribution < -0.4 is 0 Å². The van der Waals surface area contributed by atoms with Crippen LogP contribution in [0.4, 0.5) is 0 Å². The predicted octanol–water partition coefficient (Wildman–Crippen LogP) is 1.39. The molecule has 15 heavy (non-hydrogen) atoms. The predicted molar refractivity (Wildman–Crippen MR) is 60.3 cm³/mol. The SMILES string of the molecule is O=C(CN1CCC[C@@H]1CO)c1cccs1. The molecule has 1 N–H and O–H groups in total. The summed E-state index contributed by atoms with van der Waals surface area (Å²) in [6.45, 7) is 1.55. The van der Waals surface area contributed by atoms with Crippen LogP contribution in [0.15, 0.2) is 17.5 Å². The second kappa shape index (κ2) is 4.88. The molecule has 0 aliphatic carbocycles. The molecule has 1 aromatic rings. The van der Waals surface area contributed by atoms with Gasteiger partial charge in [-0.3, -0.25) is 9.69 Å². The summed E-state index contributed by atoms with van der Waals surface area (Å²) in [5.41, 5.74) is 0. The Morgan fingerprint density at radius 3 is 3.20 bits per heavy atom. The van der Waals surface area contributed by atoms with Crippen LogP contribution in [0.5, 0.6) is 0 Å². The van der Waals surface area contributed by atoms with Crippen LogP contribution in [0, 0.1) is 0 Å². The number of aliphatic hydroxyl groups excluding tert-OH is 1. The summed E-state index contributed by atoms with van der Waals surface area (Å²) < 4.78 is 0. The monoisotopic (exact) mass is 225 g/mol. The number of nitrogens with zero attached hydrogens (tertiary/aromatic N) is 1. The highest BCUT2D eigenvalue weighted by atomic mass is 32.1. The number of ketones is 1. The molecule has 3 nitrogen and oxygen atoms in total. The molecule has 1 aliphatic heterocycles. The molecule has 2 rings (SSSR count). The van der Waals surface area contributed by atoms with E-state index in [4.69, 9.17) is 5.11 Å². The second-order valence-corrected chi connectivity index (χ2v) is 4.80. The van der Waals surface area contributed by atoms with E-state index in [-0.39, 0.29) is 18.4 Å². The van der Waals surface area contributed by atoms with Crippen molar-refractivity contribution in [3.8, 4) is 0 Å². The van der Waals surface area contributed by atoms with Crippen molar-refractivity contribution in [1.29, 1.82) is 0 Å². The quantitative estimate of drug-likeness (QED) is 0.787. The van der Waals surface area contributed by atoms with Crippen LogP contribution in [0.25, 0.3) is 0 Å². The van der Waals surface area contributed by atoms with Crippen molar-refractivity contribution in [3.63, 3.8) is 0 Å². The average molecular weight is 225 g/mol. The van der Waals surface area contributed by atoms with E-state index < -0.39 is 0 Å². The first kappa shape index (κ1) is 10.8. The topological polar surface area (TPSA) is 40.5 Å². The Morgan fingerprint density at radius 1 is 1.67 bits per heavy atom. The Hall–Kier alpha value is -0.710. The first-order valence-corrected chi connectivity index (χ1v) is 6.11. The van der Waals surface area contributed by atoms with E-state index in [1.165, 1.54) is 11.3 Å². The summed E-state index contributed by atoms with van der Waals surface area (Å²) in [7, 11) is 0. The summed E-state index contributed by atoms with van der Waals surface area (Å²) in [5, 5.41) is 11.0. The maximum absolute atomic E-state index is 11.8. The molecule has 0 radical (unpaired) electrons. The summed E-state index contributed by atoms with van der Waals surface area (Å²) in [6, 6.07) is 3.94. The molecule has 0 spiro atoms. The van der Waals surface area contributed by atoms with Crippen molar-refractivity contribution in [2.45, 2.75) is 18.9 Å². The highest BCUT2D eigenvalue weighted by Gasteiger charge is 2.25. The van der Waals surface area contributed by atoms with Gasteiger partial charge in [-0.05, 0) is 30.8 Å². The number of Topliss-reactive ketones (excluding diaryl/α,β-unsaturated/α-hetero) is 1. The van der Waals surface area contributed by atoms with Gasteiger partial charge >= 0.3 is 0 Å². The van der Waals surface area contributed by atoms with E-state index in [0.29, 0.717) is 6.54 Å². The number of rotatable bonds is 4. The third-order valence-electron chi connectivity index (χ3n) is 2.85. The lowest BCUT2D eigenvalue weighted by Gasteiger charge is -2.21. The molecule has 1 aliphatic rings. The first-order chi connectivity index (χ1) is 7.31. The average Bonchev–Trinajstić information content (AvgIpc) is 2.87. The van der Waals surface area contributed by atoms with Crippen LogP contribution in [0.3, 0.4) is 0 Å². The van der Waals surface area contributed by atoms with E-state index in [9.17, 15) is 4.79 Å². The van der Waals surface area contributed by atoms with Crippen molar-refractivity contribution in [1.82, 2.24) is 4.90 Å². The number of hydrogen-bond acceptors (Lipinski definition) is 4. The molecule has 2 heterocycles. The van der Waals surface area contributed by atoms with Crippen LogP contribution in [-0.4, -0.2) is 41.5 Å². The van der Waals surface area contributed by atoms with Gasteiger partial charge in [0, 0.05) is 6.04 Å². The van der Waals surface area contributed by atoms with Gasteiger partial charge in [-0.1, -0.05) is 6.07 Å². The molecule has 4 heteroatoms. The molecule has 0 amide bonds. The van der Waals surface area contributed by atoms with Gasteiger partial charge in [-0.15, -0.1) is 11.3 Å². The number of hydrogen-bond donors (Lipinski definition) is 1. The van der Waals surface area contributed by atoms with Crippen molar-refractivity contribution in [3.05, 3.63) is 22.4 Å². The fourth-order valence-electron chi connectivity index (χ4n) is 2.01. The van der Waals surface area contributed by atoms with E-state index >= 15 is 0 Å². The van der Waals surface area contributed by atoms with E-state index in [0.717, 1.165) is 24.3 Å². The number of aliphatic hydroxyl groups is 1. The molecule has 0 saturated carbocycles. The summed E-state index contributed by atoms with van der Waals surface area (Å²) in [4.78, 5) is 14.7. The number of likely N-dealkylation sites (tertiary alicyclic amines) is 1. The standard InChI is InChI=1S/C11H15NO2S/c13-8-9-3-1-5-12(9)7-10(14)11-4-2-6-15-11/h2,4,6,9,13H,1,3,5,7-8H2/t9-/m1/s1. The second-order valence-electron chi connectivity index (χ2n) is 3.85. The summed E-state index contributed by atoms with van der Waals surface area (Å²) in [6.07, 6.45) is 2.09. The zero-order valence-electron chi connectivity index (χ0n) is 8.56. The van der Waals surface area contributed by atoms with Gasteiger partial charge in [0.15, 0.2) is 5.78 Å². The molecule has 1 atom stereocenters. The maximum Gasteiger partial charge on any atom is 0.186 e. The molecule has 82 valence electrons. The third kappa shape index (κ3) is 2.45. The minimum absolute atomic E-state index is 0.164. The zero-order chi connectivity index (χ0) is 10.7. The van der Waals surface area contributed by atoms with Gasteiger partial charge in [0.2, 0.25) is 0 Å². The molecule has 1 fully saturated rings. The van der Waals surface area contributed by atoms with E-state index in [2.05, 4.69) is 4.90 Å². The van der Waals surface area contributed by atoms with Crippen LogP contribution >= 0.6 is 11.3 Å². The molecule has 0 bridgehead atoms. The van der Waals surface area contributed by atoms with Crippen molar-refractivity contribution in [2.75, 3.05) is 19.7 Å². The third-order valence-corrected chi connectivity index (χ3v) is 3.76. The summed E-state index contributed by atoms with van der Waals surface area (Å²) >= 11 is 1.48. The van der Waals surface area contributed by atoms with E-state index in [1.807, 2.05) is 17.5 Å². The van der Waals surface area contributed by atoms with Gasteiger partial charge in [-0.2, -0.15) is 0 Å². The first-order valence-electron chi connectivity index (χ1n) is 5.23. The Morgan fingerprint density at radius 2 is 2.53 bits per heavy atom. The molecule has 0 aromatic carbocycles. The molecule has 1 aromatic heterocycles.